The van der Waals surface area contributed by atoms with Gasteiger partial charge in [0, 0.05) is 30.7 Å². The smallest absolute Gasteiger partial charge is 0.323 e. The van der Waals surface area contributed by atoms with Gasteiger partial charge in [0.25, 0.3) is 0 Å². The third-order valence-electron chi connectivity index (χ3n) is 6.01. The molecule has 0 aliphatic carbocycles. The van der Waals surface area contributed by atoms with Crippen LogP contribution in [0.15, 0.2) is 79.1 Å². The van der Waals surface area contributed by atoms with Crippen LogP contribution in [0.1, 0.15) is 12.8 Å². The first-order valence-electron chi connectivity index (χ1n) is 11.6. The van der Waals surface area contributed by atoms with E-state index >= 15 is 0 Å². The lowest BCUT2D eigenvalue weighted by atomic mass is 10.2. The second-order valence-corrected chi connectivity index (χ2v) is 8.40. The van der Waals surface area contributed by atoms with Crippen molar-refractivity contribution >= 4 is 34.0 Å². The Bertz CT molecular complexity index is 1300. The van der Waals surface area contributed by atoms with Gasteiger partial charge in [-0.2, -0.15) is 0 Å². The van der Waals surface area contributed by atoms with Crippen molar-refractivity contribution in [3.63, 3.8) is 0 Å². The molecule has 0 saturated carbocycles. The number of aromatic nitrogens is 2. The molecule has 0 unspecified atom stereocenters. The van der Waals surface area contributed by atoms with E-state index in [1.54, 1.807) is 31.4 Å². The van der Waals surface area contributed by atoms with Crippen LogP contribution in [0.4, 0.5) is 21.9 Å². The summed E-state index contributed by atoms with van der Waals surface area (Å²) in [7, 11) is 1.75. The van der Waals surface area contributed by atoms with Crippen LogP contribution in [0, 0.1) is 0 Å². The first-order chi connectivity index (χ1) is 17.2. The second kappa shape index (κ2) is 10.4. The van der Waals surface area contributed by atoms with Gasteiger partial charge in [0.15, 0.2) is 0 Å². The Morgan fingerprint density at radius 3 is 2.54 bits per heavy atom. The fraction of sp³-hybridized carbons (Fsp3) is 0.222. The molecule has 2 heterocycles. The van der Waals surface area contributed by atoms with Crippen LogP contribution < -0.4 is 20.3 Å². The SMILES string of the molecule is COC[C@H]1CCCN1c1ccc2c(Oc3ccc(NC(=O)Nc4ccccc4)cc3)ncnc2c1. The molecule has 0 radical (unpaired) electrons. The van der Waals surface area contributed by atoms with E-state index in [1.807, 2.05) is 36.4 Å². The van der Waals surface area contributed by atoms with Gasteiger partial charge < -0.3 is 25.0 Å². The molecule has 3 aromatic carbocycles. The number of carbonyl (C=O) groups is 1. The highest BCUT2D eigenvalue weighted by Crippen LogP contribution is 2.32. The van der Waals surface area contributed by atoms with Gasteiger partial charge in [-0.25, -0.2) is 14.8 Å². The van der Waals surface area contributed by atoms with Crippen molar-refractivity contribution in [2.24, 2.45) is 0 Å². The molecule has 1 aliphatic rings. The van der Waals surface area contributed by atoms with Gasteiger partial charge in [0.05, 0.1) is 23.6 Å². The fourth-order valence-electron chi connectivity index (χ4n) is 4.35. The number of fused-ring (bicyclic) bond motifs is 1. The topological polar surface area (TPSA) is 88.6 Å². The lowest BCUT2D eigenvalue weighted by Crippen LogP contribution is -2.32. The van der Waals surface area contributed by atoms with Crippen molar-refractivity contribution in [2.75, 3.05) is 35.8 Å². The molecule has 4 aromatic rings. The molecule has 1 saturated heterocycles. The number of rotatable bonds is 7. The van der Waals surface area contributed by atoms with E-state index in [4.69, 9.17) is 9.47 Å². The molecule has 8 nitrogen and oxygen atoms in total. The van der Waals surface area contributed by atoms with E-state index in [0.29, 0.717) is 23.4 Å². The maximum atomic E-state index is 12.2. The van der Waals surface area contributed by atoms with E-state index in [0.717, 1.165) is 48.3 Å². The monoisotopic (exact) mass is 469 g/mol. The van der Waals surface area contributed by atoms with Crippen LogP contribution in [-0.4, -0.2) is 42.3 Å². The van der Waals surface area contributed by atoms with Gasteiger partial charge in [-0.15, -0.1) is 0 Å². The Morgan fingerprint density at radius 2 is 1.77 bits per heavy atom. The van der Waals surface area contributed by atoms with Crippen LogP contribution in [0.3, 0.4) is 0 Å². The van der Waals surface area contributed by atoms with Crippen molar-refractivity contribution in [3.8, 4) is 11.6 Å². The molecule has 8 heteroatoms. The predicted molar refractivity (Wildman–Crippen MR) is 137 cm³/mol. The van der Waals surface area contributed by atoms with E-state index < -0.39 is 0 Å². The number of hydrogen-bond acceptors (Lipinski definition) is 6. The lowest BCUT2D eigenvalue weighted by molar-refractivity contribution is 0.181. The Kier molecular flexibility index (Phi) is 6.72. The Labute approximate surface area is 203 Å². The number of para-hydroxylation sites is 1. The zero-order valence-corrected chi connectivity index (χ0v) is 19.5. The van der Waals surface area contributed by atoms with Gasteiger partial charge >= 0.3 is 6.03 Å². The van der Waals surface area contributed by atoms with Crippen LogP contribution >= 0.6 is 0 Å². The van der Waals surface area contributed by atoms with E-state index in [1.165, 1.54) is 6.33 Å². The van der Waals surface area contributed by atoms with Gasteiger partial charge in [-0.05, 0) is 67.4 Å². The zero-order chi connectivity index (χ0) is 24.0. The molecular weight excluding hydrogens is 442 g/mol. The Hall–Kier alpha value is -4.17. The van der Waals surface area contributed by atoms with Crippen LogP contribution in [0.2, 0.25) is 0 Å². The third kappa shape index (κ3) is 5.33. The molecule has 178 valence electrons. The highest BCUT2D eigenvalue weighted by Gasteiger charge is 2.25. The van der Waals surface area contributed by atoms with E-state index in [2.05, 4.69) is 37.6 Å². The fourth-order valence-corrected chi connectivity index (χ4v) is 4.35. The number of anilines is 3. The number of benzene rings is 3. The Morgan fingerprint density at radius 1 is 1.00 bits per heavy atom. The van der Waals surface area contributed by atoms with Crippen LogP contribution in [0.5, 0.6) is 11.6 Å². The molecule has 35 heavy (non-hydrogen) atoms. The molecule has 1 fully saturated rings. The number of methoxy groups -OCH3 is 1. The number of nitrogens with zero attached hydrogens (tertiary/aromatic N) is 3. The minimum atomic E-state index is -0.312. The molecule has 5 rings (SSSR count). The standard InChI is InChI=1S/C27H27N5O3/c1-34-17-22-8-5-15-32(22)21-11-14-24-25(16-21)28-18-29-26(24)35-23-12-9-20(10-13-23)31-27(33)30-19-6-3-2-4-7-19/h2-4,6-7,9-14,16,18,22H,5,8,15,17H2,1H3,(H2,30,31,33)/t22-/m1/s1. The third-order valence-corrected chi connectivity index (χ3v) is 6.01. The summed E-state index contributed by atoms with van der Waals surface area (Å²) >= 11 is 0. The molecule has 0 spiro atoms. The molecule has 1 aliphatic heterocycles. The number of urea groups is 1. The average Bonchev–Trinajstić information content (AvgIpc) is 3.34. The summed E-state index contributed by atoms with van der Waals surface area (Å²) in [4.78, 5) is 23.4. The summed E-state index contributed by atoms with van der Waals surface area (Å²) < 4.78 is 11.5. The quantitative estimate of drug-likeness (QED) is 0.362. The molecule has 0 bridgehead atoms. The number of carbonyl (C=O) groups excluding carboxylic acids is 1. The number of amides is 2. The van der Waals surface area contributed by atoms with Crippen LogP contribution in [-0.2, 0) is 4.74 Å². The van der Waals surface area contributed by atoms with Crippen molar-refractivity contribution in [2.45, 2.75) is 18.9 Å². The second-order valence-electron chi connectivity index (χ2n) is 8.40. The summed E-state index contributed by atoms with van der Waals surface area (Å²) in [5.74, 6) is 1.10. The van der Waals surface area contributed by atoms with Gasteiger partial charge in [-0.3, -0.25) is 0 Å². The van der Waals surface area contributed by atoms with Gasteiger partial charge in [0.1, 0.15) is 12.1 Å². The predicted octanol–water partition coefficient (Wildman–Crippen LogP) is 5.68. The first kappa shape index (κ1) is 22.6. The average molecular weight is 470 g/mol. The van der Waals surface area contributed by atoms with Gasteiger partial charge in [0.2, 0.25) is 5.88 Å². The lowest BCUT2D eigenvalue weighted by Gasteiger charge is -2.26. The molecule has 2 amide bonds. The summed E-state index contributed by atoms with van der Waals surface area (Å²) in [5, 5.41) is 6.44. The molecule has 1 aromatic heterocycles. The highest BCUT2D eigenvalue weighted by atomic mass is 16.5. The summed E-state index contributed by atoms with van der Waals surface area (Å²) in [6, 6.07) is 22.7. The number of hydrogen-bond donors (Lipinski definition) is 2. The van der Waals surface area contributed by atoms with E-state index in [-0.39, 0.29) is 6.03 Å². The minimum absolute atomic E-state index is 0.312. The number of nitrogens with one attached hydrogen (secondary N) is 2. The normalized spacial score (nSPS) is 15.2. The van der Waals surface area contributed by atoms with Gasteiger partial charge in [-0.1, -0.05) is 18.2 Å². The van der Waals surface area contributed by atoms with Crippen molar-refractivity contribution < 1.29 is 14.3 Å². The first-order valence-corrected chi connectivity index (χ1v) is 11.6. The van der Waals surface area contributed by atoms with Crippen molar-refractivity contribution in [3.05, 3.63) is 79.1 Å². The Balaban J connectivity index is 1.27. The van der Waals surface area contributed by atoms with Crippen molar-refractivity contribution in [1.82, 2.24) is 9.97 Å². The summed E-state index contributed by atoms with van der Waals surface area (Å²) in [5.41, 5.74) is 3.33. The molecular formula is C27H27N5O3. The summed E-state index contributed by atoms with van der Waals surface area (Å²) in [6.45, 7) is 1.73. The summed E-state index contributed by atoms with van der Waals surface area (Å²) in [6.07, 6.45) is 3.80. The zero-order valence-electron chi connectivity index (χ0n) is 19.5. The molecule has 1 atom stereocenters. The number of ether oxygens (including phenoxy) is 2. The minimum Gasteiger partial charge on any atom is -0.438 e. The van der Waals surface area contributed by atoms with Crippen LogP contribution in [0.25, 0.3) is 10.9 Å². The highest BCUT2D eigenvalue weighted by molar-refractivity contribution is 5.99. The molecule has 2 N–H and O–H groups in total. The van der Waals surface area contributed by atoms with E-state index in [9.17, 15) is 4.79 Å². The maximum absolute atomic E-state index is 12.2. The maximum Gasteiger partial charge on any atom is 0.323 e. The largest absolute Gasteiger partial charge is 0.438 e. The van der Waals surface area contributed by atoms with Crippen molar-refractivity contribution in [1.29, 1.82) is 0 Å².